The van der Waals surface area contributed by atoms with Gasteiger partial charge < -0.3 is 5.32 Å². The summed E-state index contributed by atoms with van der Waals surface area (Å²) in [4.78, 5) is 0.0245. The van der Waals surface area contributed by atoms with Crippen molar-refractivity contribution < 1.29 is 16.8 Å². The van der Waals surface area contributed by atoms with Crippen molar-refractivity contribution in [1.29, 1.82) is 0 Å². The van der Waals surface area contributed by atoms with E-state index < -0.39 is 20.0 Å². The van der Waals surface area contributed by atoms with E-state index in [0.29, 0.717) is 11.3 Å². The molecule has 0 saturated carbocycles. The zero-order valence-electron chi connectivity index (χ0n) is 15.5. The first-order valence-electron chi connectivity index (χ1n) is 8.52. The number of aryl methyl sites for hydroxylation is 1. The number of nitrogens with one attached hydrogen (secondary N) is 1. The molecule has 7 nitrogen and oxygen atoms in total. The van der Waals surface area contributed by atoms with E-state index in [4.69, 9.17) is 5.14 Å². The normalized spacial score (nSPS) is 12.6. The Morgan fingerprint density at radius 1 is 0.793 bits per heavy atom. The van der Waals surface area contributed by atoms with E-state index >= 15 is 0 Å². The summed E-state index contributed by atoms with van der Waals surface area (Å²) in [5.41, 5.74) is 1.95. The average Bonchev–Trinajstić information content (AvgIpc) is 2.68. The van der Waals surface area contributed by atoms with Gasteiger partial charge in [-0.25, -0.2) is 13.6 Å². The van der Waals surface area contributed by atoms with Crippen molar-refractivity contribution in [2.75, 3.05) is 5.32 Å². The lowest BCUT2D eigenvalue weighted by Gasteiger charge is -2.11. The predicted molar refractivity (Wildman–Crippen MR) is 113 cm³/mol. The van der Waals surface area contributed by atoms with Crippen molar-refractivity contribution in [2.24, 2.45) is 9.54 Å². The Kier molecular flexibility index (Phi) is 5.83. The Hall–Kier alpha value is -3.01. The third-order valence-electron chi connectivity index (χ3n) is 4.02. The van der Waals surface area contributed by atoms with Crippen molar-refractivity contribution in [2.45, 2.75) is 16.7 Å². The van der Waals surface area contributed by atoms with E-state index in [9.17, 15) is 16.8 Å². The number of benzene rings is 3. The van der Waals surface area contributed by atoms with Gasteiger partial charge in [-0.15, -0.1) is 4.40 Å². The quantitative estimate of drug-likeness (QED) is 0.477. The number of rotatable bonds is 5. The molecule has 0 atom stereocenters. The van der Waals surface area contributed by atoms with Gasteiger partial charge in [0.2, 0.25) is 10.0 Å². The van der Waals surface area contributed by atoms with Gasteiger partial charge in [0.25, 0.3) is 10.0 Å². The Morgan fingerprint density at radius 2 is 1.34 bits per heavy atom. The molecule has 3 aromatic carbocycles. The minimum absolute atomic E-state index is 0.0477. The van der Waals surface area contributed by atoms with E-state index in [-0.39, 0.29) is 15.6 Å². The Bertz CT molecular complexity index is 1240. The van der Waals surface area contributed by atoms with E-state index in [2.05, 4.69) is 9.71 Å². The van der Waals surface area contributed by atoms with E-state index in [1.54, 1.807) is 42.5 Å². The van der Waals surface area contributed by atoms with Crippen LogP contribution in [0.4, 0.5) is 5.69 Å². The van der Waals surface area contributed by atoms with Crippen LogP contribution in [-0.2, 0) is 20.0 Å². The number of amidine groups is 1. The van der Waals surface area contributed by atoms with Crippen LogP contribution in [0.15, 0.2) is 93.1 Å². The number of nitrogens with two attached hydrogens (primary N) is 1. The molecule has 29 heavy (non-hydrogen) atoms. The van der Waals surface area contributed by atoms with E-state index in [1.165, 1.54) is 36.4 Å². The molecule has 150 valence electrons. The molecule has 0 aliphatic carbocycles. The molecule has 0 fully saturated rings. The first-order valence-corrected chi connectivity index (χ1v) is 11.5. The van der Waals surface area contributed by atoms with Crippen molar-refractivity contribution in [1.82, 2.24) is 0 Å². The van der Waals surface area contributed by atoms with Crippen molar-refractivity contribution in [3.63, 3.8) is 0 Å². The SMILES string of the molecule is Cc1ccc(S(=O)(=O)/N=C(\Nc2ccc(S(N)(=O)=O)cc2)c2ccccc2)cc1. The topological polar surface area (TPSA) is 119 Å². The molecule has 0 aliphatic heterocycles. The van der Waals surface area contributed by atoms with Gasteiger partial charge in [0.1, 0.15) is 0 Å². The predicted octanol–water partition coefficient (Wildman–Crippen LogP) is 2.89. The fourth-order valence-electron chi connectivity index (χ4n) is 2.49. The lowest BCUT2D eigenvalue weighted by molar-refractivity contribution is 0.596. The summed E-state index contributed by atoms with van der Waals surface area (Å²) in [5.74, 6) is 0.106. The number of anilines is 1. The fraction of sp³-hybridized carbons (Fsp3) is 0.0500. The molecule has 0 unspecified atom stereocenters. The molecule has 0 radical (unpaired) electrons. The highest BCUT2D eigenvalue weighted by Gasteiger charge is 2.16. The fourth-order valence-corrected chi connectivity index (χ4v) is 3.98. The number of hydrogen-bond donors (Lipinski definition) is 2. The van der Waals surface area contributed by atoms with Crippen LogP contribution in [0.25, 0.3) is 0 Å². The Balaban J connectivity index is 2.02. The monoisotopic (exact) mass is 429 g/mol. The van der Waals surface area contributed by atoms with Gasteiger partial charge in [-0.2, -0.15) is 8.42 Å². The van der Waals surface area contributed by atoms with Gasteiger partial charge in [0, 0.05) is 11.3 Å². The largest absolute Gasteiger partial charge is 0.339 e. The van der Waals surface area contributed by atoms with Crippen LogP contribution in [0.2, 0.25) is 0 Å². The lowest BCUT2D eigenvalue weighted by Crippen LogP contribution is -2.17. The van der Waals surface area contributed by atoms with Gasteiger partial charge >= 0.3 is 0 Å². The van der Waals surface area contributed by atoms with Crippen LogP contribution in [0, 0.1) is 6.92 Å². The highest BCUT2D eigenvalue weighted by molar-refractivity contribution is 7.90. The second-order valence-electron chi connectivity index (χ2n) is 6.29. The zero-order chi connectivity index (χ0) is 21.1. The summed E-state index contributed by atoms with van der Waals surface area (Å²) in [7, 11) is -7.79. The van der Waals surface area contributed by atoms with Crippen LogP contribution in [0.5, 0.6) is 0 Å². The van der Waals surface area contributed by atoms with E-state index in [1.807, 2.05) is 6.92 Å². The Labute approximate surface area is 170 Å². The van der Waals surface area contributed by atoms with Crippen molar-refractivity contribution in [3.8, 4) is 0 Å². The van der Waals surface area contributed by atoms with Crippen LogP contribution >= 0.6 is 0 Å². The summed E-state index contributed by atoms with van der Waals surface area (Å²) >= 11 is 0. The smallest absolute Gasteiger partial charge is 0.284 e. The molecule has 3 N–H and O–H groups in total. The molecule has 0 bridgehead atoms. The molecule has 0 aromatic heterocycles. The molecule has 3 aromatic rings. The van der Waals surface area contributed by atoms with E-state index in [0.717, 1.165) is 5.56 Å². The highest BCUT2D eigenvalue weighted by Crippen LogP contribution is 2.18. The molecule has 0 aliphatic rings. The van der Waals surface area contributed by atoms with Gasteiger partial charge in [0.05, 0.1) is 9.79 Å². The van der Waals surface area contributed by atoms with Crippen LogP contribution in [-0.4, -0.2) is 22.7 Å². The summed E-state index contributed by atoms with van der Waals surface area (Å²) in [6.45, 7) is 1.86. The summed E-state index contributed by atoms with van der Waals surface area (Å²) in [5, 5.41) is 8.05. The second kappa shape index (κ2) is 8.16. The molecule has 0 saturated heterocycles. The third-order valence-corrected chi connectivity index (χ3v) is 6.24. The minimum Gasteiger partial charge on any atom is -0.339 e. The number of sulfonamides is 2. The molecule has 0 heterocycles. The summed E-state index contributed by atoms with van der Waals surface area (Å²) in [6, 6.07) is 20.8. The maximum Gasteiger partial charge on any atom is 0.284 e. The molecule has 9 heteroatoms. The van der Waals surface area contributed by atoms with Crippen LogP contribution in [0.3, 0.4) is 0 Å². The van der Waals surface area contributed by atoms with Gasteiger partial charge in [-0.1, -0.05) is 48.0 Å². The standard InChI is InChI=1S/C20H19N3O4S2/c1-15-7-11-19(12-8-15)29(26,27)23-20(16-5-3-2-4-6-16)22-17-9-13-18(14-10-17)28(21,24)25/h2-14H,1H3,(H,22,23)(H2,21,24,25). The number of nitrogens with zero attached hydrogens (tertiary/aromatic N) is 1. The maximum atomic E-state index is 12.8. The molecular formula is C20H19N3O4S2. The van der Waals surface area contributed by atoms with Crippen molar-refractivity contribution >= 4 is 31.6 Å². The Morgan fingerprint density at radius 3 is 1.90 bits per heavy atom. The molecule has 3 rings (SSSR count). The van der Waals surface area contributed by atoms with Crippen LogP contribution < -0.4 is 10.5 Å². The first-order chi connectivity index (χ1) is 13.6. The van der Waals surface area contributed by atoms with Gasteiger partial charge in [-0.05, 0) is 43.3 Å². The average molecular weight is 430 g/mol. The van der Waals surface area contributed by atoms with Crippen LogP contribution in [0.1, 0.15) is 11.1 Å². The first kappa shape index (κ1) is 20.7. The highest BCUT2D eigenvalue weighted by atomic mass is 32.2. The van der Waals surface area contributed by atoms with Gasteiger partial charge in [-0.3, -0.25) is 0 Å². The third kappa shape index (κ3) is 5.29. The zero-order valence-corrected chi connectivity index (χ0v) is 17.1. The number of hydrogen-bond acceptors (Lipinski definition) is 4. The summed E-state index contributed by atoms with van der Waals surface area (Å²) in [6.07, 6.45) is 0. The minimum atomic E-state index is -3.97. The lowest BCUT2D eigenvalue weighted by atomic mass is 10.2. The molecule has 0 spiro atoms. The maximum absolute atomic E-state index is 12.8. The van der Waals surface area contributed by atoms with Crippen molar-refractivity contribution in [3.05, 3.63) is 90.0 Å². The van der Waals surface area contributed by atoms with Gasteiger partial charge in [0.15, 0.2) is 5.84 Å². The molecular weight excluding hydrogens is 410 g/mol. The summed E-state index contributed by atoms with van der Waals surface area (Å²) < 4.78 is 52.4. The second-order valence-corrected chi connectivity index (χ2v) is 9.45. The number of primary sulfonamides is 1. The molecule has 0 amide bonds.